The van der Waals surface area contributed by atoms with Crippen molar-refractivity contribution in [1.82, 2.24) is 0 Å². The number of hydrogen-bond donors (Lipinski definition) is 0. The van der Waals surface area contributed by atoms with Crippen LogP contribution in [0.5, 0.6) is 11.5 Å². The zero-order valence-corrected chi connectivity index (χ0v) is 28.9. The molecule has 246 valence electrons. The van der Waals surface area contributed by atoms with E-state index in [2.05, 4.69) is 169 Å². The summed E-state index contributed by atoms with van der Waals surface area (Å²) in [6.45, 7) is 4.22. The van der Waals surface area contributed by atoms with E-state index in [1.165, 1.54) is 22.3 Å². The van der Waals surface area contributed by atoms with Crippen molar-refractivity contribution in [2.24, 2.45) is 0 Å². The Kier molecular flexibility index (Phi) is 9.35. The van der Waals surface area contributed by atoms with Crippen LogP contribution in [-0.4, -0.2) is 14.2 Å². The maximum Gasteiger partial charge on any atom is 0.120 e. The first-order chi connectivity index (χ1) is 24.5. The number of anilines is 6. The van der Waals surface area contributed by atoms with Crippen LogP contribution in [0.15, 0.2) is 170 Å². The normalized spacial score (nSPS) is 10.8. The maximum absolute atomic E-state index is 5.55. The molecule has 0 heterocycles. The number of methoxy groups -OCH3 is 2. The summed E-state index contributed by atoms with van der Waals surface area (Å²) in [4.78, 5) is 4.51. The van der Waals surface area contributed by atoms with Gasteiger partial charge in [0.05, 0.1) is 14.2 Å². The Hall–Kier alpha value is -6.26. The third-order valence-electron chi connectivity index (χ3n) is 9.01. The Bertz CT molecular complexity index is 2010. The average molecular weight is 653 g/mol. The number of rotatable bonds is 10. The first kappa shape index (κ1) is 32.3. The first-order valence-corrected chi connectivity index (χ1v) is 16.8. The minimum Gasteiger partial charge on any atom is -0.497 e. The third kappa shape index (κ3) is 6.96. The second kappa shape index (κ2) is 14.5. The molecule has 7 aromatic rings. The fourth-order valence-corrected chi connectivity index (χ4v) is 6.24. The molecule has 0 fully saturated rings. The molecule has 7 rings (SSSR count). The average Bonchev–Trinajstić information content (AvgIpc) is 3.17. The Morgan fingerprint density at radius 2 is 0.600 bits per heavy atom. The van der Waals surface area contributed by atoms with Crippen molar-refractivity contribution in [3.63, 3.8) is 0 Å². The van der Waals surface area contributed by atoms with Crippen LogP contribution in [0.2, 0.25) is 0 Å². The number of hydrogen-bond acceptors (Lipinski definition) is 4. The van der Waals surface area contributed by atoms with E-state index in [0.717, 1.165) is 56.8 Å². The molecular formula is C46H40N2O2. The summed E-state index contributed by atoms with van der Waals surface area (Å²) in [5.74, 6) is 1.65. The van der Waals surface area contributed by atoms with Gasteiger partial charge in [0, 0.05) is 46.3 Å². The van der Waals surface area contributed by atoms with Crippen LogP contribution in [0.25, 0.3) is 22.3 Å². The van der Waals surface area contributed by atoms with Crippen LogP contribution in [-0.2, 0) is 0 Å². The molecule has 4 heteroatoms. The van der Waals surface area contributed by atoms with Crippen molar-refractivity contribution in [2.75, 3.05) is 24.0 Å². The van der Waals surface area contributed by atoms with Gasteiger partial charge in [-0.1, -0.05) is 96.1 Å². The van der Waals surface area contributed by atoms with Gasteiger partial charge in [0.1, 0.15) is 11.5 Å². The van der Waals surface area contributed by atoms with Gasteiger partial charge in [-0.2, -0.15) is 0 Å². The Morgan fingerprint density at radius 1 is 0.320 bits per heavy atom. The number of aryl methyl sites for hydroxylation is 2. The number of benzene rings is 7. The molecule has 0 spiro atoms. The lowest BCUT2D eigenvalue weighted by atomic mass is 9.99. The lowest BCUT2D eigenvalue weighted by Gasteiger charge is -2.26. The molecule has 0 aliphatic carbocycles. The Labute approximate surface area is 295 Å². The third-order valence-corrected chi connectivity index (χ3v) is 9.01. The SMILES string of the molecule is COc1cccc(N(c2ccc(C)cc2)c2ccc(-c3ccc(-c4ccc(N(c5ccc(C)cc5)c5cccc(OC)c5)cc4)cc3)cc2)c1. The van der Waals surface area contributed by atoms with E-state index in [9.17, 15) is 0 Å². The van der Waals surface area contributed by atoms with Crippen LogP contribution in [0, 0.1) is 13.8 Å². The van der Waals surface area contributed by atoms with Crippen LogP contribution in [0.3, 0.4) is 0 Å². The molecule has 0 aliphatic rings. The van der Waals surface area contributed by atoms with E-state index < -0.39 is 0 Å². The number of nitrogens with zero attached hydrogens (tertiary/aromatic N) is 2. The molecule has 0 atom stereocenters. The molecule has 0 bridgehead atoms. The zero-order chi connectivity index (χ0) is 34.5. The maximum atomic E-state index is 5.55. The van der Waals surface area contributed by atoms with Crippen molar-refractivity contribution in [3.05, 3.63) is 181 Å². The molecule has 50 heavy (non-hydrogen) atoms. The van der Waals surface area contributed by atoms with Gasteiger partial charge in [0.2, 0.25) is 0 Å². The molecule has 0 amide bonds. The molecule has 0 radical (unpaired) electrons. The second-order valence-corrected chi connectivity index (χ2v) is 12.4. The second-order valence-electron chi connectivity index (χ2n) is 12.4. The smallest absolute Gasteiger partial charge is 0.120 e. The minimum absolute atomic E-state index is 0.825. The zero-order valence-electron chi connectivity index (χ0n) is 28.9. The largest absolute Gasteiger partial charge is 0.497 e. The highest BCUT2D eigenvalue weighted by Gasteiger charge is 2.15. The van der Waals surface area contributed by atoms with Crippen molar-refractivity contribution in [1.29, 1.82) is 0 Å². The molecular weight excluding hydrogens is 613 g/mol. The first-order valence-electron chi connectivity index (χ1n) is 16.8. The van der Waals surface area contributed by atoms with E-state index in [1.54, 1.807) is 14.2 Å². The van der Waals surface area contributed by atoms with Crippen molar-refractivity contribution in [2.45, 2.75) is 13.8 Å². The van der Waals surface area contributed by atoms with Crippen LogP contribution in [0.1, 0.15) is 11.1 Å². The van der Waals surface area contributed by atoms with Crippen LogP contribution in [0.4, 0.5) is 34.1 Å². The van der Waals surface area contributed by atoms with Gasteiger partial charge in [0.25, 0.3) is 0 Å². The van der Waals surface area contributed by atoms with Crippen molar-refractivity contribution < 1.29 is 9.47 Å². The van der Waals surface area contributed by atoms with E-state index in [0.29, 0.717) is 0 Å². The summed E-state index contributed by atoms with van der Waals surface area (Å²) in [7, 11) is 3.41. The van der Waals surface area contributed by atoms with Gasteiger partial charge in [-0.15, -0.1) is 0 Å². The van der Waals surface area contributed by atoms with Gasteiger partial charge in [0.15, 0.2) is 0 Å². The van der Waals surface area contributed by atoms with E-state index in [1.807, 2.05) is 24.3 Å². The monoisotopic (exact) mass is 652 g/mol. The summed E-state index contributed by atoms with van der Waals surface area (Å²) in [5, 5.41) is 0. The van der Waals surface area contributed by atoms with Crippen molar-refractivity contribution in [3.8, 4) is 33.8 Å². The van der Waals surface area contributed by atoms with Gasteiger partial charge in [-0.05, 0) is 109 Å². The van der Waals surface area contributed by atoms with E-state index in [4.69, 9.17) is 9.47 Å². The molecule has 0 saturated heterocycles. The van der Waals surface area contributed by atoms with E-state index in [-0.39, 0.29) is 0 Å². The van der Waals surface area contributed by atoms with Crippen LogP contribution < -0.4 is 19.3 Å². The lowest BCUT2D eigenvalue weighted by molar-refractivity contribution is 0.415. The fraction of sp³-hybridized carbons (Fsp3) is 0.0870. The molecule has 0 saturated carbocycles. The predicted octanol–water partition coefficient (Wildman–Crippen LogP) is 12.6. The summed E-state index contributed by atoms with van der Waals surface area (Å²) < 4.78 is 11.1. The molecule has 0 aromatic heterocycles. The van der Waals surface area contributed by atoms with Gasteiger partial charge in [-0.3, -0.25) is 0 Å². The summed E-state index contributed by atoms with van der Waals surface area (Å²) in [6, 6.07) is 59.9. The van der Waals surface area contributed by atoms with Gasteiger partial charge in [-0.25, -0.2) is 0 Å². The van der Waals surface area contributed by atoms with Gasteiger partial charge < -0.3 is 19.3 Å². The Morgan fingerprint density at radius 3 is 0.900 bits per heavy atom. The van der Waals surface area contributed by atoms with Crippen molar-refractivity contribution >= 4 is 34.1 Å². The Balaban J connectivity index is 1.14. The summed E-state index contributed by atoms with van der Waals surface area (Å²) in [5.41, 5.74) is 13.6. The van der Waals surface area contributed by atoms with E-state index >= 15 is 0 Å². The molecule has 0 aliphatic heterocycles. The molecule has 0 N–H and O–H groups in total. The quantitative estimate of drug-likeness (QED) is 0.147. The highest BCUT2D eigenvalue weighted by molar-refractivity contribution is 5.81. The molecule has 4 nitrogen and oxygen atoms in total. The topological polar surface area (TPSA) is 24.9 Å². The molecule has 0 unspecified atom stereocenters. The van der Waals surface area contributed by atoms with Crippen LogP contribution >= 0.6 is 0 Å². The fourth-order valence-electron chi connectivity index (χ4n) is 6.24. The lowest BCUT2D eigenvalue weighted by Crippen LogP contribution is -2.10. The summed E-state index contributed by atoms with van der Waals surface area (Å²) >= 11 is 0. The molecule has 7 aromatic carbocycles. The summed E-state index contributed by atoms with van der Waals surface area (Å²) in [6.07, 6.45) is 0. The standard InChI is InChI=1S/C46H40N2O2/c1-33-11-23-39(24-12-33)47(43-7-5-9-45(31-43)49-3)41-27-19-37(20-28-41)35-15-17-36(18-16-35)38-21-29-42(30-22-38)48(40-25-13-34(2)14-26-40)44-8-6-10-46(32-44)50-4/h5-32H,1-4H3. The highest BCUT2D eigenvalue weighted by atomic mass is 16.5. The minimum atomic E-state index is 0.825. The predicted molar refractivity (Wildman–Crippen MR) is 209 cm³/mol. The van der Waals surface area contributed by atoms with Gasteiger partial charge >= 0.3 is 0 Å². The number of ether oxygens (including phenoxy) is 2. The highest BCUT2D eigenvalue weighted by Crippen LogP contribution is 2.39.